The van der Waals surface area contributed by atoms with Crippen LogP contribution in [0.15, 0.2) is 0 Å². The monoisotopic (exact) mass is 261 g/mol. The van der Waals surface area contributed by atoms with Gasteiger partial charge in [-0.25, -0.2) is 4.79 Å². The van der Waals surface area contributed by atoms with Crippen LogP contribution in [0.4, 0.5) is 0 Å². The number of carboxylic acids is 1. The number of carbonyl (C=O) groups excluding carboxylic acids is 1. The van der Waals surface area contributed by atoms with Gasteiger partial charge in [0, 0.05) is 17.9 Å². The fraction of sp³-hybridized carbons (Fsp3) is 0.818. The van der Waals surface area contributed by atoms with Gasteiger partial charge in [-0.05, 0) is 12.8 Å². The van der Waals surface area contributed by atoms with Gasteiger partial charge in [-0.3, -0.25) is 4.79 Å². The van der Waals surface area contributed by atoms with Crippen LogP contribution in [0.5, 0.6) is 0 Å². The number of carbonyl (C=O) groups is 2. The molecule has 0 aromatic heterocycles. The Hall–Kier alpha value is -0.750. The van der Waals surface area contributed by atoms with E-state index in [0.29, 0.717) is 5.75 Å². The first-order valence-electron chi connectivity index (χ1n) is 5.80. The molecule has 0 aromatic carbocycles. The summed E-state index contributed by atoms with van der Waals surface area (Å²) < 4.78 is 0. The predicted octanol–water partition coefficient (Wildman–Crippen LogP) is 0.612. The Morgan fingerprint density at radius 2 is 2.06 bits per heavy atom. The number of hydrogen-bond acceptors (Lipinski definition) is 4. The average Bonchev–Trinajstić information content (AvgIpc) is 2.25. The summed E-state index contributed by atoms with van der Waals surface area (Å²) in [4.78, 5) is 21.7. The van der Waals surface area contributed by atoms with Gasteiger partial charge >= 0.3 is 5.97 Å². The number of thioether (sulfide) groups is 1. The summed E-state index contributed by atoms with van der Waals surface area (Å²) in [7, 11) is 0. The number of nitrogens with one attached hydrogen (secondary N) is 1. The molecule has 3 atom stereocenters. The minimum Gasteiger partial charge on any atom is -0.480 e. The number of hydrogen-bond donors (Lipinski definition) is 3. The molecule has 1 amide bonds. The number of aliphatic hydroxyl groups is 1. The van der Waals surface area contributed by atoms with Crippen LogP contribution in [-0.4, -0.2) is 45.2 Å². The largest absolute Gasteiger partial charge is 0.480 e. The summed E-state index contributed by atoms with van der Waals surface area (Å²) in [5.74, 6) is -1.07. The first kappa shape index (κ1) is 14.3. The topological polar surface area (TPSA) is 86.6 Å². The van der Waals surface area contributed by atoms with Crippen molar-refractivity contribution in [2.45, 2.75) is 50.0 Å². The highest BCUT2D eigenvalue weighted by Crippen LogP contribution is 2.29. The van der Waals surface area contributed by atoms with Gasteiger partial charge in [-0.15, -0.1) is 0 Å². The van der Waals surface area contributed by atoms with Gasteiger partial charge in [-0.2, -0.15) is 11.8 Å². The van der Waals surface area contributed by atoms with Crippen molar-refractivity contribution in [3.8, 4) is 0 Å². The predicted molar refractivity (Wildman–Crippen MR) is 66.0 cm³/mol. The Morgan fingerprint density at radius 1 is 1.41 bits per heavy atom. The molecule has 5 nitrogen and oxygen atoms in total. The average molecular weight is 261 g/mol. The summed E-state index contributed by atoms with van der Waals surface area (Å²) in [6, 6.07) is -0.869. The lowest BCUT2D eigenvalue weighted by molar-refractivity contribution is -0.140. The highest BCUT2D eigenvalue weighted by atomic mass is 32.2. The van der Waals surface area contributed by atoms with Crippen LogP contribution < -0.4 is 5.32 Å². The SMILES string of the molecule is CC(=O)N[C@@H](CS[C@@H]1CCCC[C@H]1O)C(=O)O. The second-order valence-corrected chi connectivity index (χ2v) is 5.59. The second-order valence-electron chi connectivity index (χ2n) is 4.31. The zero-order valence-corrected chi connectivity index (χ0v) is 10.7. The smallest absolute Gasteiger partial charge is 0.327 e. The Kier molecular flexibility index (Phi) is 5.77. The second kappa shape index (κ2) is 6.86. The lowest BCUT2D eigenvalue weighted by atomic mass is 9.97. The molecule has 17 heavy (non-hydrogen) atoms. The van der Waals surface area contributed by atoms with E-state index in [2.05, 4.69) is 5.32 Å². The lowest BCUT2D eigenvalue weighted by Crippen LogP contribution is -2.42. The van der Waals surface area contributed by atoms with E-state index in [1.54, 1.807) is 0 Å². The van der Waals surface area contributed by atoms with Crippen molar-refractivity contribution in [3.63, 3.8) is 0 Å². The van der Waals surface area contributed by atoms with Crippen molar-refractivity contribution in [2.24, 2.45) is 0 Å². The van der Waals surface area contributed by atoms with Gasteiger partial charge < -0.3 is 15.5 Å². The van der Waals surface area contributed by atoms with Crippen molar-refractivity contribution >= 4 is 23.6 Å². The Bertz CT molecular complexity index is 285. The van der Waals surface area contributed by atoms with E-state index in [-0.39, 0.29) is 17.3 Å². The summed E-state index contributed by atoms with van der Waals surface area (Å²) >= 11 is 1.44. The molecule has 1 saturated carbocycles. The molecule has 0 unspecified atom stereocenters. The molecule has 0 saturated heterocycles. The van der Waals surface area contributed by atoms with Gasteiger partial charge in [0.05, 0.1) is 6.10 Å². The molecule has 1 fully saturated rings. The van der Waals surface area contributed by atoms with Crippen molar-refractivity contribution in [2.75, 3.05) is 5.75 Å². The molecule has 1 aliphatic carbocycles. The molecule has 0 aromatic rings. The highest BCUT2D eigenvalue weighted by molar-refractivity contribution is 8.00. The van der Waals surface area contributed by atoms with Crippen LogP contribution in [0, 0.1) is 0 Å². The van der Waals surface area contributed by atoms with Crippen molar-refractivity contribution in [3.05, 3.63) is 0 Å². The maximum absolute atomic E-state index is 10.9. The quantitative estimate of drug-likeness (QED) is 0.675. The molecule has 0 heterocycles. The summed E-state index contributed by atoms with van der Waals surface area (Å²) in [5, 5.41) is 21.2. The molecule has 1 rings (SSSR count). The van der Waals surface area contributed by atoms with E-state index in [1.807, 2.05) is 0 Å². The molecular formula is C11H19NO4S. The van der Waals surface area contributed by atoms with Gasteiger partial charge in [0.25, 0.3) is 0 Å². The number of carboxylic acid groups (broad SMARTS) is 1. The third kappa shape index (κ3) is 4.95. The molecule has 6 heteroatoms. The minimum absolute atomic E-state index is 0.0966. The standard InChI is InChI=1S/C11H19NO4S/c1-7(13)12-8(11(15)16)6-17-10-5-3-2-4-9(10)14/h8-10,14H,2-6H2,1H3,(H,12,13)(H,15,16)/t8-,9+,10+/m0/s1. The van der Waals surface area contributed by atoms with Crippen LogP contribution in [-0.2, 0) is 9.59 Å². The number of aliphatic carboxylic acids is 1. The molecule has 98 valence electrons. The summed E-state index contributed by atoms with van der Waals surface area (Å²) in [6.45, 7) is 1.30. The molecule has 0 aliphatic heterocycles. The van der Waals surface area contributed by atoms with E-state index in [4.69, 9.17) is 5.11 Å². The van der Waals surface area contributed by atoms with Crippen LogP contribution in [0.1, 0.15) is 32.6 Å². The van der Waals surface area contributed by atoms with E-state index < -0.39 is 12.0 Å². The van der Waals surface area contributed by atoms with Gasteiger partial charge in [0.1, 0.15) is 6.04 Å². The molecule has 0 bridgehead atoms. The summed E-state index contributed by atoms with van der Waals surface area (Å²) in [5.41, 5.74) is 0. The molecule has 0 spiro atoms. The maximum Gasteiger partial charge on any atom is 0.327 e. The fourth-order valence-corrected chi connectivity index (χ4v) is 3.27. The molecule has 3 N–H and O–H groups in total. The fourth-order valence-electron chi connectivity index (χ4n) is 1.91. The lowest BCUT2D eigenvalue weighted by Gasteiger charge is -2.27. The van der Waals surface area contributed by atoms with Gasteiger partial charge in [0.15, 0.2) is 0 Å². The minimum atomic E-state index is -1.03. The first-order valence-corrected chi connectivity index (χ1v) is 6.85. The molecule has 1 aliphatic rings. The van der Waals surface area contributed by atoms with E-state index in [9.17, 15) is 14.7 Å². The third-order valence-electron chi connectivity index (χ3n) is 2.82. The Balaban J connectivity index is 2.39. The molecular weight excluding hydrogens is 242 g/mol. The van der Waals surface area contributed by atoms with E-state index in [1.165, 1.54) is 18.7 Å². The van der Waals surface area contributed by atoms with Crippen molar-refractivity contribution in [1.29, 1.82) is 0 Å². The van der Waals surface area contributed by atoms with Gasteiger partial charge in [-0.1, -0.05) is 12.8 Å². The Morgan fingerprint density at radius 3 is 2.59 bits per heavy atom. The highest BCUT2D eigenvalue weighted by Gasteiger charge is 2.26. The zero-order valence-electron chi connectivity index (χ0n) is 9.89. The molecule has 0 radical (unpaired) electrons. The van der Waals surface area contributed by atoms with Crippen LogP contribution in [0.2, 0.25) is 0 Å². The van der Waals surface area contributed by atoms with Crippen LogP contribution in [0.3, 0.4) is 0 Å². The van der Waals surface area contributed by atoms with E-state index >= 15 is 0 Å². The van der Waals surface area contributed by atoms with Crippen molar-refractivity contribution in [1.82, 2.24) is 5.32 Å². The van der Waals surface area contributed by atoms with Gasteiger partial charge in [0.2, 0.25) is 5.91 Å². The normalized spacial score (nSPS) is 26.2. The number of amides is 1. The Labute approximate surface area is 105 Å². The first-order chi connectivity index (χ1) is 8.00. The van der Waals surface area contributed by atoms with Crippen molar-refractivity contribution < 1.29 is 19.8 Å². The number of aliphatic hydroxyl groups excluding tert-OH is 1. The third-order valence-corrected chi connectivity index (χ3v) is 4.32. The van der Waals surface area contributed by atoms with Crippen LogP contribution >= 0.6 is 11.8 Å². The number of rotatable bonds is 5. The van der Waals surface area contributed by atoms with E-state index in [0.717, 1.165) is 25.7 Å². The maximum atomic E-state index is 10.9. The zero-order chi connectivity index (χ0) is 12.8. The summed E-state index contributed by atoms with van der Waals surface area (Å²) in [6.07, 6.45) is 3.47. The van der Waals surface area contributed by atoms with Crippen LogP contribution in [0.25, 0.3) is 0 Å².